The number of hydrogen-bond acceptors (Lipinski definition) is 5. The molecule has 96 valence electrons. The third-order valence-corrected chi connectivity index (χ3v) is 3.54. The lowest BCUT2D eigenvalue weighted by atomic mass is 10.2. The maximum Gasteiger partial charge on any atom is 0.275 e. The Labute approximate surface area is 109 Å². The van der Waals surface area contributed by atoms with E-state index in [2.05, 4.69) is 10.6 Å². The zero-order valence-electron chi connectivity index (χ0n) is 10.8. The Bertz CT molecular complexity index is 552. The van der Waals surface area contributed by atoms with E-state index in [1.807, 2.05) is 26.0 Å². The van der Waals surface area contributed by atoms with Crippen molar-refractivity contribution in [2.24, 2.45) is 0 Å². The number of amides is 1. The third kappa shape index (κ3) is 2.44. The highest BCUT2D eigenvalue weighted by Crippen LogP contribution is 2.32. The highest BCUT2D eigenvalue weighted by atomic mass is 32.1. The normalized spacial score (nSPS) is 10.9. The van der Waals surface area contributed by atoms with E-state index < -0.39 is 0 Å². The van der Waals surface area contributed by atoms with E-state index in [-0.39, 0.29) is 5.91 Å². The average Bonchev–Trinajstić information content (AvgIpc) is 2.85. The van der Waals surface area contributed by atoms with Crippen LogP contribution in [-0.4, -0.2) is 30.2 Å². The molecule has 0 saturated heterocycles. The molecule has 2 rings (SSSR count). The zero-order valence-corrected chi connectivity index (χ0v) is 11.6. The second kappa shape index (κ2) is 4.91. The number of aromatic nitrogens is 1. The summed E-state index contributed by atoms with van der Waals surface area (Å²) in [5, 5.41) is 5.54. The topological polar surface area (TPSA) is 58.4 Å². The van der Waals surface area contributed by atoms with E-state index in [1.165, 1.54) is 11.3 Å². The number of aryl methyl sites for hydroxylation is 2. The maximum atomic E-state index is 11.8. The van der Waals surface area contributed by atoms with Gasteiger partial charge in [-0.25, -0.2) is 5.01 Å². The molecule has 0 aliphatic carbocycles. The summed E-state index contributed by atoms with van der Waals surface area (Å²) in [6.07, 6.45) is 0. The molecule has 0 bridgehead atoms. The molecule has 6 heteroatoms. The second-order valence-electron chi connectivity index (χ2n) is 4.20. The molecule has 5 nitrogen and oxygen atoms in total. The van der Waals surface area contributed by atoms with Crippen molar-refractivity contribution in [1.29, 1.82) is 0 Å². The summed E-state index contributed by atoms with van der Waals surface area (Å²) in [5.41, 5.74) is 4.53. The van der Waals surface area contributed by atoms with Crippen LogP contribution in [0.15, 0.2) is 16.7 Å². The molecule has 1 N–H and O–H groups in total. The Morgan fingerprint density at radius 2 is 2.11 bits per heavy atom. The van der Waals surface area contributed by atoms with Crippen molar-refractivity contribution >= 4 is 17.2 Å². The van der Waals surface area contributed by atoms with E-state index in [4.69, 9.17) is 4.52 Å². The first-order chi connectivity index (χ1) is 8.49. The molecule has 0 aromatic carbocycles. The molecule has 0 atom stereocenters. The number of carbonyl (C=O) groups is 1. The molecule has 0 aliphatic heterocycles. The summed E-state index contributed by atoms with van der Waals surface area (Å²) in [6.45, 7) is 3.76. The maximum absolute atomic E-state index is 11.8. The van der Waals surface area contributed by atoms with Gasteiger partial charge >= 0.3 is 0 Å². The molecule has 0 spiro atoms. The molecular formula is C12H15N3O2S. The number of nitrogens with one attached hydrogen (secondary N) is 1. The Kier molecular flexibility index (Phi) is 3.49. The van der Waals surface area contributed by atoms with Crippen molar-refractivity contribution in [3.8, 4) is 10.4 Å². The first-order valence-electron chi connectivity index (χ1n) is 5.50. The van der Waals surface area contributed by atoms with Crippen molar-refractivity contribution in [3.63, 3.8) is 0 Å². The van der Waals surface area contributed by atoms with Crippen LogP contribution in [0.25, 0.3) is 10.4 Å². The highest BCUT2D eigenvalue weighted by molar-refractivity contribution is 7.17. The molecule has 2 aromatic rings. The van der Waals surface area contributed by atoms with Gasteiger partial charge in [-0.15, -0.1) is 11.3 Å². The zero-order chi connectivity index (χ0) is 13.3. The number of rotatable bonds is 3. The highest BCUT2D eigenvalue weighted by Gasteiger charge is 2.16. The van der Waals surface area contributed by atoms with Gasteiger partial charge in [0.25, 0.3) is 5.91 Å². The summed E-state index contributed by atoms with van der Waals surface area (Å²) in [4.78, 5) is 13.5. The first kappa shape index (κ1) is 12.8. The van der Waals surface area contributed by atoms with Gasteiger partial charge in [0.05, 0.1) is 16.1 Å². The number of nitrogens with zero attached hydrogens (tertiary/aromatic N) is 2. The number of hydrogen-bond donors (Lipinski definition) is 1. The van der Waals surface area contributed by atoms with Gasteiger partial charge in [-0.3, -0.25) is 10.2 Å². The number of thiophene rings is 1. The standard InChI is InChI=1S/C12H15N3O2S/c1-7-11(8(2)17-14-7)9-5-6-10(18-9)12(16)13-15(3)4/h5-6H,1-4H3,(H,13,16). The summed E-state index contributed by atoms with van der Waals surface area (Å²) in [7, 11) is 3.56. The molecule has 18 heavy (non-hydrogen) atoms. The molecule has 0 aliphatic rings. The average molecular weight is 265 g/mol. The van der Waals surface area contributed by atoms with E-state index >= 15 is 0 Å². The van der Waals surface area contributed by atoms with Crippen molar-refractivity contribution < 1.29 is 9.32 Å². The Morgan fingerprint density at radius 1 is 1.39 bits per heavy atom. The fourth-order valence-electron chi connectivity index (χ4n) is 1.69. The lowest BCUT2D eigenvalue weighted by Crippen LogP contribution is -2.35. The quantitative estimate of drug-likeness (QED) is 0.865. The lowest BCUT2D eigenvalue weighted by molar-refractivity contribution is 0.0861. The van der Waals surface area contributed by atoms with Crippen molar-refractivity contribution in [1.82, 2.24) is 15.6 Å². The molecule has 0 fully saturated rings. The predicted octanol–water partition coefficient (Wildman–Crippen LogP) is 2.23. The van der Waals surface area contributed by atoms with Gasteiger partial charge in [0.2, 0.25) is 0 Å². The van der Waals surface area contributed by atoms with Crippen LogP contribution >= 0.6 is 11.3 Å². The van der Waals surface area contributed by atoms with Crippen LogP contribution in [0, 0.1) is 13.8 Å². The molecule has 0 unspecified atom stereocenters. The monoisotopic (exact) mass is 265 g/mol. The van der Waals surface area contributed by atoms with Crippen molar-refractivity contribution in [2.75, 3.05) is 14.1 Å². The van der Waals surface area contributed by atoms with Crippen LogP contribution in [-0.2, 0) is 0 Å². The minimum atomic E-state index is -0.108. The second-order valence-corrected chi connectivity index (χ2v) is 5.28. The minimum absolute atomic E-state index is 0.108. The summed E-state index contributed by atoms with van der Waals surface area (Å²) in [6, 6.07) is 3.73. The number of carbonyl (C=O) groups excluding carboxylic acids is 1. The van der Waals surface area contributed by atoms with E-state index in [1.54, 1.807) is 19.1 Å². The number of hydrazine groups is 1. The van der Waals surface area contributed by atoms with Crippen molar-refractivity contribution in [3.05, 3.63) is 28.5 Å². The molecule has 1 amide bonds. The molecular weight excluding hydrogens is 250 g/mol. The molecule has 0 radical (unpaired) electrons. The van der Waals surface area contributed by atoms with Crippen molar-refractivity contribution in [2.45, 2.75) is 13.8 Å². The van der Waals surface area contributed by atoms with Crippen LogP contribution in [0.2, 0.25) is 0 Å². The van der Waals surface area contributed by atoms with Gasteiger partial charge in [-0.1, -0.05) is 5.16 Å². The van der Waals surface area contributed by atoms with E-state index in [0.29, 0.717) is 4.88 Å². The predicted molar refractivity (Wildman–Crippen MR) is 70.4 cm³/mol. The molecule has 0 saturated carbocycles. The SMILES string of the molecule is Cc1noc(C)c1-c1ccc(C(=O)NN(C)C)s1. The Hall–Kier alpha value is -1.66. The Morgan fingerprint density at radius 3 is 2.67 bits per heavy atom. The Balaban J connectivity index is 2.29. The minimum Gasteiger partial charge on any atom is -0.361 e. The lowest BCUT2D eigenvalue weighted by Gasteiger charge is -2.09. The van der Waals surface area contributed by atoms with Gasteiger partial charge in [0.1, 0.15) is 5.76 Å². The van der Waals surface area contributed by atoms with Gasteiger partial charge in [0.15, 0.2) is 0 Å². The van der Waals surface area contributed by atoms with Gasteiger partial charge in [-0.2, -0.15) is 0 Å². The first-order valence-corrected chi connectivity index (χ1v) is 6.32. The van der Waals surface area contributed by atoms with Crippen LogP contribution in [0.3, 0.4) is 0 Å². The largest absolute Gasteiger partial charge is 0.361 e. The van der Waals surface area contributed by atoms with Crippen LogP contribution in [0.5, 0.6) is 0 Å². The fourth-order valence-corrected chi connectivity index (χ4v) is 2.73. The van der Waals surface area contributed by atoms with E-state index in [0.717, 1.165) is 21.9 Å². The molecule has 2 heterocycles. The van der Waals surface area contributed by atoms with Gasteiger partial charge in [0, 0.05) is 19.0 Å². The van der Waals surface area contributed by atoms with Crippen LogP contribution in [0.1, 0.15) is 21.1 Å². The third-order valence-electron chi connectivity index (χ3n) is 2.43. The summed E-state index contributed by atoms with van der Waals surface area (Å²) in [5.74, 6) is 0.664. The van der Waals surface area contributed by atoms with Crippen LogP contribution in [0.4, 0.5) is 0 Å². The van der Waals surface area contributed by atoms with Crippen LogP contribution < -0.4 is 5.43 Å². The summed E-state index contributed by atoms with van der Waals surface area (Å²) < 4.78 is 5.13. The van der Waals surface area contributed by atoms with Gasteiger partial charge < -0.3 is 4.52 Å². The fraction of sp³-hybridized carbons (Fsp3) is 0.333. The van der Waals surface area contributed by atoms with Gasteiger partial charge in [-0.05, 0) is 26.0 Å². The van der Waals surface area contributed by atoms with E-state index in [9.17, 15) is 4.79 Å². The summed E-state index contributed by atoms with van der Waals surface area (Å²) >= 11 is 1.43. The molecule has 2 aromatic heterocycles. The smallest absolute Gasteiger partial charge is 0.275 e.